The van der Waals surface area contributed by atoms with Gasteiger partial charge in [-0.2, -0.15) is 0 Å². The molecule has 0 aliphatic carbocycles. The second-order valence-electron chi connectivity index (χ2n) is 4.78. The third-order valence-corrected chi connectivity index (χ3v) is 3.26. The summed E-state index contributed by atoms with van der Waals surface area (Å²) in [5.74, 6) is -1.22. The smallest absolute Gasteiger partial charge is 0.126 e. The monoisotopic (exact) mass is 282 g/mol. The Morgan fingerprint density at radius 1 is 0.857 bits per heavy atom. The Balaban J connectivity index is 2.05. The van der Waals surface area contributed by atoms with Crippen molar-refractivity contribution in [2.45, 2.75) is 6.92 Å². The number of hydrogen-bond donors (Lipinski definition) is 0. The summed E-state index contributed by atoms with van der Waals surface area (Å²) in [6, 6.07) is 9.01. The van der Waals surface area contributed by atoms with Crippen LogP contribution in [0.4, 0.5) is 8.78 Å². The van der Waals surface area contributed by atoms with E-state index in [2.05, 4.69) is 9.97 Å². The highest BCUT2D eigenvalue weighted by Crippen LogP contribution is 2.26. The van der Waals surface area contributed by atoms with Gasteiger partial charge in [0.25, 0.3) is 0 Å². The summed E-state index contributed by atoms with van der Waals surface area (Å²) >= 11 is 0. The molecule has 3 rings (SSSR count). The van der Waals surface area contributed by atoms with Crippen LogP contribution in [0, 0.1) is 18.6 Å². The highest BCUT2D eigenvalue weighted by molar-refractivity contribution is 5.70. The molecule has 0 saturated carbocycles. The normalized spacial score (nSPS) is 10.6. The van der Waals surface area contributed by atoms with E-state index >= 15 is 0 Å². The standard InChI is InChI=1S/C17H12F2N2/c1-11-6-17(13-7-14(18)9-15(19)8-13)21-10-16(11)12-2-4-20-5-3-12/h2-10H,1H3. The van der Waals surface area contributed by atoms with Gasteiger partial charge < -0.3 is 0 Å². The molecule has 0 spiro atoms. The molecule has 0 saturated heterocycles. The molecule has 0 N–H and O–H groups in total. The van der Waals surface area contributed by atoms with E-state index < -0.39 is 11.6 Å². The molecule has 2 heterocycles. The lowest BCUT2D eigenvalue weighted by Gasteiger charge is -2.08. The average molecular weight is 282 g/mol. The van der Waals surface area contributed by atoms with Gasteiger partial charge in [-0.3, -0.25) is 9.97 Å². The van der Waals surface area contributed by atoms with Crippen molar-refractivity contribution >= 4 is 0 Å². The lowest BCUT2D eigenvalue weighted by molar-refractivity contribution is 0.584. The summed E-state index contributed by atoms with van der Waals surface area (Å²) < 4.78 is 26.6. The average Bonchev–Trinajstić information content (AvgIpc) is 2.47. The zero-order valence-electron chi connectivity index (χ0n) is 11.3. The number of benzene rings is 1. The largest absolute Gasteiger partial charge is 0.265 e. The van der Waals surface area contributed by atoms with Crippen molar-refractivity contribution in [2.24, 2.45) is 0 Å². The van der Waals surface area contributed by atoms with Crippen molar-refractivity contribution in [3.8, 4) is 22.4 Å². The lowest BCUT2D eigenvalue weighted by Crippen LogP contribution is -1.91. The van der Waals surface area contributed by atoms with Crippen LogP contribution < -0.4 is 0 Å². The zero-order valence-corrected chi connectivity index (χ0v) is 11.3. The number of halogens is 2. The molecule has 21 heavy (non-hydrogen) atoms. The van der Waals surface area contributed by atoms with Crippen molar-refractivity contribution in [1.82, 2.24) is 9.97 Å². The van der Waals surface area contributed by atoms with E-state index in [4.69, 9.17) is 0 Å². The summed E-state index contributed by atoms with van der Waals surface area (Å²) in [6.07, 6.45) is 5.14. The highest BCUT2D eigenvalue weighted by Gasteiger charge is 2.08. The second-order valence-corrected chi connectivity index (χ2v) is 4.78. The first-order chi connectivity index (χ1) is 10.1. The highest BCUT2D eigenvalue weighted by atomic mass is 19.1. The Morgan fingerprint density at radius 2 is 1.52 bits per heavy atom. The van der Waals surface area contributed by atoms with Crippen LogP contribution in [0.3, 0.4) is 0 Å². The maximum Gasteiger partial charge on any atom is 0.126 e. The maximum atomic E-state index is 13.3. The Kier molecular flexibility index (Phi) is 3.44. The Morgan fingerprint density at radius 3 is 2.14 bits per heavy atom. The topological polar surface area (TPSA) is 25.8 Å². The van der Waals surface area contributed by atoms with Crippen molar-refractivity contribution < 1.29 is 8.78 Å². The molecular weight excluding hydrogens is 270 g/mol. The summed E-state index contributed by atoms with van der Waals surface area (Å²) in [5.41, 5.74) is 3.93. The van der Waals surface area contributed by atoms with E-state index in [1.807, 2.05) is 25.1 Å². The van der Waals surface area contributed by atoms with E-state index in [-0.39, 0.29) is 0 Å². The quantitative estimate of drug-likeness (QED) is 0.696. The summed E-state index contributed by atoms with van der Waals surface area (Å²) in [4.78, 5) is 8.30. The molecule has 0 amide bonds. The fourth-order valence-electron chi connectivity index (χ4n) is 2.25. The van der Waals surface area contributed by atoms with Crippen LogP contribution in [0.15, 0.2) is 55.0 Å². The van der Waals surface area contributed by atoms with Crippen LogP contribution in [0.5, 0.6) is 0 Å². The first-order valence-electron chi connectivity index (χ1n) is 6.47. The molecule has 2 nitrogen and oxygen atoms in total. The van der Waals surface area contributed by atoms with Crippen LogP contribution in [0.2, 0.25) is 0 Å². The van der Waals surface area contributed by atoms with Gasteiger partial charge >= 0.3 is 0 Å². The summed E-state index contributed by atoms with van der Waals surface area (Å²) in [6.45, 7) is 1.94. The number of nitrogens with zero attached hydrogens (tertiary/aromatic N) is 2. The van der Waals surface area contributed by atoms with Gasteiger partial charge in [-0.15, -0.1) is 0 Å². The first kappa shape index (κ1) is 13.4. The van der Waals surface area contributed by atoms with Gasteiger partial charge in [0.15, 0.2) is 0 Å². The van der Waals surface area contributed by atoms with E-state index in [0.717, 1.165) is 22.8 Å². The van der Waals surface area contributed by atoms with Gasteiger partial charge in [-0.1, -0.05) is 0 Å². The van der Waals surface area contributed by atoms with Gasteiger partial charge in [0.2, 0.25) is 0 Å². The zero-order chi connectivity index (χ0) is 14.8. The fraction of sp³-hybridized carbons (Fsp3) is 0.0588. The van der Waals surface area contributed by atoms with Crippen LogP contribution in [0.25, 0.3) is 22.4 Å². The van der Waals surface area contributed by atoms with Crippen LogP contribution in [-0.4, -0.2) is 9.97 Å². The van der Waals surface area contributed by atoms with Gasteiger partial charge in [0.1, 0.15) is 11.6 Å². The van der Waals surface area contributed by atoms with Gasteiger partial charge in [-0.05, 0) is 48.4 Å². The SMILES string of the molecule is Cc1cc(-c2cc(F)cc(F)c2)ncc1-c1ccncc1. The van der Waals surface area contributed by atoms with Crippen molar-refractivity contribution in [3.05, 3.63) is 72.2 Å². The van der Waals surface area contributed by atoms with Crippen molar-refractivity contribution in [3.63, 3.8) is 0 Å². The van der Waals surface area contributed by atoms with E-state index in [1.54, 1.807) is 18.6 Å². The lowest BCUT2D eigenvalue weighted by atomic mass is 10.0. The van der Waals surface area contributed by atoms with Crippen LogP contribution in [-0.2, 0) is 0 Å². The number of hydrogen-bond acceptors (Lipinski definition) is 2. The molecule has 104 valence electrons. The molecule has 0 atom stereocenters. The van der Waals surface area contributed by atoms with E-state index in [1.165, 1.54) is 12.1 Å². The fourth-order valence-corrected chi connectivity index (χ4v) is 2.25. The second kappa shape index (κ2) is 5.40. The molecule has 4 heteroatoms. The molecule has 2 aromatic heterocycles. The molecule has 0 unspecified atom stereocenters. The Labute approximate surface area is 121 Å². The molecule has 0 fully saturated rings. The third kappa shape index (κ3) is 2.79. The van der Waals surface area contributed by atoms with Gasteiger partial charge in [0.05, 0.1) is 5.69 Å². The third-order valence-electron chi connectivity index (χ3n) is 3.26. The molecule has 0 aliphatic heterocycles. The Hall–Kier alpha value is -2.62. The Bertz CT molecular complexity index is 766. The van der Waals surface area contributed by atoms with E-state index in [9.17, 15) is 8.78 Å². The van der Waals surface area contributed by atoms with Gasteiger partial charge in [-0.25, -0.2) is 8.78 Å². The first-order valence-corrected chi connectivity index (χ1v) is 6.47. The molecule has 0 bridgehead atoms. The summed E-state index contributed by atoms with van der Waals surface area (Å²) in [5, 5.41) is 0. The molecule has 0 radical (unpaired) electrons. The summed E-state index contributed by atoms with van der Waals surface area (Å²) in [7, 11) is 0. The van der Waals surface area contributed by atoms with Crippen molar-refractivity contribution in [2.75, 3.05) is 0 Å². The number of pyridine rings is 2. The predicted octanol–water partition coefficient (Wildman–Crippen LogP) is 4.40. The molecule has 3 aromatic rings. The molecule has 0 aliphatic rings. The molecular formula is C17H12F2N2. The van der Waals surface area contributed by atoms with Gasteiger partial charge in [0, 0.05) is 35.8 Å². The predicted molar refractivity (Wildman–Crippen MR) is 77.6 cm³/mol. The van der Waals surface area contributed by atoms with Crippen molar-refractivity contribution in [1.29, 1.82) is 0 Å². The maximum absolute atomic E-state index is 13.3. The number of aryl methyl sites for hydroxylation is 1. The number of aromatic nitrogens is 2. The minimum Gasteiger partial charge on any atom is -0.265 e. The minimum absolute atomic E-state index is 0.428. The number of rotatable bonds is 2. The van der Waals surface area contributed by atoms with Crippen LogP contribution >= 0.6 is 0 Å². The molecule has 1 aromatic carbocycles. The van der Waals surface area contributed by atoms with Crippen LogP contribution in [0.1, 0.15) is 5.56 Å². The van der Waals surface area contributed by atoms with E-state index in [0.29, 0.717) is 11.3 Å². The minimum atomic E-state index is -0.609.